The molecule has 1 unspecified atom stereocenters. The summed E-state index contributed by atoms with van der Waals surface area (Å²) >= 11 is 0. The second-order valence-electron chi connectivity index (χ2n) is 5.57. The number of amides is 3. The number of carboxylic acid groups (broad SMARTS) is 2. The maximum absolute atomic E-state index is 11.7. The first kappa shape index (κ1) is 18.7. The molecule has 9 heteroatoms. The van der Waals surface area contributed by atoms with Crippen molar-refractivity contribution in [1.29, 1.82) is 0 Å². The van der Waals surface area contributed by atoms with Crippen LogP contribution in [0.3, 0.4) is 0 Å². The third-order valence-electron chi connectivity index (χ3n) is 2.22. The second kappa shape index (κ2) is 7.46. The molecule has 0 bridgehead atoms. The normalized spacial score (nSPS) is 13.7. The molecule has 0 radical (unpaired) electrons. The van der Waals surface area contributed by atoms with Gasteiger partial charge in [-0.25, -0.2) is 9.59 Å². The van der Waals surface area contributed by atoms with Crippen molar-refractivity contribution in [3.63, 3.8) is 0 Å². The van der Waals surface area contributed by atoms with E-state index in [-0.39, 0.29) is 0 Å². The minimum Gasteiger partial charge on any atom is -0.481 e. The molecule has 120 valence electrons. The molecule has 0 fully saturated rings. The molecule has 2 atom stereocenters. The predicted molar refractivity (Wildman–Crippen MR) is 72.7 cm³/mol. The summed E-state index contributed by atoms with van der Waals surface area (Å²) in [6, 6.07) is -3.40. The van der Waals surface area contributed by atoms with Crippen LogP contribution in [0.1, 0.15) is 34.1 Å². The zero-order valence-corrected chi connectivity index (χ0v) is 12.4. The summed E-state index contributed by atoms with van der Waals surface area (Å²) in [5.41, 5.74) is -0.476. The Bertz CT molecular complexity index is 429. The number of carbonyl (C=O) groups is 4. The molecule has 5 N–H and O–H groups in total. The van der Waals surface area contributed by atoms with Gasteiger partial charge in [-0.3, -0.25) is 9.59 Å². The minimum atomic E-state index is -1.57. The first-order valence-corrected chi connectivity index (χ1v) is 6.26. The van der Waals surface area contributed by atoms with Crippen LogP contribution >= 0.6 is 0 Å². The zero-order chi connectivity index (χ0) is 16.8. The van der Waals surface area contributed by atoms with Gasteiger partial charge in [0.25, 0.3) is 0 Å². The Morgan fingerprint density at radius 1 is 1.05 bits per heavy atom. The Morgan fingerprint density at radius 2 is 1.57 bits per heavy atom. The summed E-state index contributed by atoms with van der Waals surface area (Å²) in [5, 5.41) is 24.2. The van der Waals surface area contributed by atoms with Crippen molar-refractivity contribution in [3.8, 4) is 0 Å². The van der Waals surface area contributed by atoms with E-state index in [1.54, 1.807) is 20.8 Å². The van der Waals surface area contributed by atoms with Gasteiger partial charge in [0, 0.05) is 5.54 Å². The summed E-state index contributed by atoms with van der Waals surface area (Å²) in [6.07, 6.45) is -0.759. The average molecular weight is 303 g/mol. The van der Waals surface area contributed by atoms with E-state index in [1.165, 1.54) is 6.92 Å². The van der Waals surface area contributed by atoms with Crippen LogP contribution in [0.4, 0.5) is 4.79 Å². The maximum Gasteiger partial charge on any atom is 0.326 e. The molecule has 0 heterocycles. The molecule has 0 aliphatic carbocycles. The second-order valence-corrected chi connectivity index (χ2v) is 5.57. The van der Waals surface area contributed by atoms with Gasteiger partial charge >= 0.3 is 18.0 Å². The Balaban J connectivity index is 4.50. The molecule has 0 saturated heterocycles. The molecule has 0 aromatic rings. The van der Waals surface area contributed by atoms with Crippen LogP contribution in [0.2, 0.25) is 0 Å². The van der Waals surface area contributed by atoms with Crippen molar-refractivity contribution in [2.24, 2.45) is 0 Å². The van der Waals surface area contributed by atoms with E-state index in [1.807, 2.05) is 5.32 Å². The minimum absolute atomic E-state index is 0.442. The van der Waals surface area contributed by atoms with Gasteiger partial charge in [0.15, 0.2) is 0 Å². The van der Waals surface area contributed by atoms with E-state index < -0.39 is 47.9 Å². The lowest BCUT2D eigenvalue weighted by Crippen LogP contribution is -2.55. The van der Waals surface area contributed by atoms with Crippen molar-refractivity contribution in [2.45, 2.75) is 51.7 Å². The third kappa shape index (κ3) is 8.45. The van der Waals surface area contributed by atoms with Gasteiger partial charge in [0.05, 0.1) is 6.42 Å². The molecule has 9 nitrogen and oxygen atoms in total. The van der Waals surface area contributed by atoms with E-state index in [2.05, 4.69) is 10.6 Å². The predicted octanol–water partition coefficient (Wildman–Crippen LogP) is -0.483. The molecule has 0 aromatic carbocycles. The van der Waals surface area contributed by atoms with E-state index in [0.717, 1.165) is 0 Å². The van der Waals surface area contributed by atoms with Crippen LogP contribution < -0.4 is 16.0 Å². The Morgan fingerprint density at radius 3 is 1.95 bits per heavy atom. The fraction of sp³-hybridized carbons (Fsp3) is 0.667. The molecule has 0 aliphatic rings. The first-order chi connectivity index (χ1) is 9.42. The number of hydrogen-bond donors (Lipinski definition) is 5. The van der Waals surface area contributed by atoms with Crippen molar-refractivity contribution in [2.75, 3.05) is 0 Å². The van der Waals surface area contributed by atoms with E-state index >= 15 is 0 Å². The Labute approximate surface area is 122 Å². The van der Waals surface area contributed by atoms with Crippen molar-refractivity contribution in [3.05, 3.63) is 0 Å². The molecule has 0 rings (SSSR count). The maximum atomic E-state index is 11.7. The highest BCUT2D eigenvalue weighted by atomic mass is 16.4. The average Bonchev–Trinajstić information content (AvgIpc) is 2.24. The zero-order valence-electron chi connectivity index (χ0n) is 12.4. The molecule has 0 aromatic heterocycles. The lowest BCUT2D eigenvalue weighted by molar-refractivity contribution is -0.145. The lowest BCUT2D eigenvalue weighted by Gasteiger charge is -2.24. The van der Waals surface area contributed by atoms with E-state index in [9.17, 15) is 19.2 Å². The van der Waals surface area contributed by atoms with Gasteiger partial charge in [-0.1, -0.05) is 0 Å². The van der Waals surface area contributed by atoms with Gasteiger partial charge in [-0.05, 0) is 27.7 Å². The highest BCUT2D eigenvalue weighted by Crippen LogP contribution is 1.99. The summed E-state index contributed by atoms with van der Waals surface area (Å²) in [6.45, 7) is 6.73. The van der Waals surface area contributed by atoms with E-state index in [4.69, 9.17) is 10.2 Å². The van der Waals surface area contributed by atoms with Crippen molar-refractivity contribution >= 4 is 23.9 Å². The number of carbonyl (C=O) groups excluding carboxylic acids is 2. The van der Waals surface area contributed by atoms with Crippen LogP contribution in [0.15, 0.2) is 0 Å². The number of aliphatic carboxylic acids is 2. The number of hydrogen-bond acceptors (Lipinski definition) is 4. The third-order valence-corrected chi connectivity index (χ3v) is 2.22. The molecule has 0 aliphatic heterocycles. The number of rotatable bonds is 6. The van der Waals surface area contributed by atoms with Crippen LogP contribution in [-0.2, 0) is 14.4 Å². The fourth-order valence-corrected chi connectivity index (χ4v) is 1.31. The monoisotopic (exact) mass is 303 g/mol. The molecular weight excluding hydrogens is 282 g/mol. The highest BCUT2D eigenvalue weighted by molar-refractivity contribution is 5.89. The van der Waals surface area contributed by atoms with Crippen LogP contribution in [0.5, 0.6) is 0 Å². The highest BCUT2D eigenvalue weighted by Gasteiger charge is 2.25. The largest absolute Gasteiger partial charge is 0.481 e. The first-order valence-electron chi connectivity index (χ1n) is 6.26. The SMILES string of the molecule is CC(NC(=O)N[C@H](CC(=O)O)C(=O)O)C(=O)NC(C)(C)C. The van der Waals surface area contributed by atoms with Crippen LogP contribution in [0, 0.1) is 0 Å². The summed E-state index contributed by atoms with van der Waals surface area (Å²) < 4.78 is 0. The molecule has 3 amide bonds. The van der Waals surface area contributed by atoms with Gasteiger partial charge in [0.1, 0.15) is 12.1 Å². The molecule has 0 spiro atoms. The van der Waals surface area contributed by atoms with Gasteiger partial charge in [-0.2, -0.15) is 0 Å². The number of urea groups is 1. The standard InChI is InChI=1S/C12H21N3O6/c1-6(9(18)15-12(2,3)4)13-11(21)14-7(10(19)20)5-8(16)17/h6-7H,5H2,1-4H3,(H,15,18)(H,16,17)(H,19,20)(H2,13,14,21)/t6?,7-/m1/s1. The number of nitrogens with one attached hydrogen (secondary N) is 3. The van der Waals surface area contributed by atoms with Gasteiger partial charge in [0.2, 0.25) is 5.91 Å². The Hall–Kier alpha value is -2.32. The van der Waals surface area contributed by atoms with Crippen molar-refractivity contribution < 1.29 is 29.4 Å². The fourth-order valence-electron chi connectivity index (χ4n) is 1.31. The smallest absolute Gasteiger partial charge is 0.326 e. The van der Waals surface area contributed by atoms with Crippen LogP contribution in [0.25, 0.3) is 0 Å². The lowest BCUT2D eigenvalue weighted by atomic mass is 10.1. The molecule has 0 saturated carbocycles. The van der Waals surface area contributed by atoms with Gasteiger partial charge in [-0.15, -0.1) is 0 Å². The summed E-state index contributed by atoms with van der Waals surface area (Å²) in [4.78, 5) is 44.6. The molecular formula is C12H21N3O6. The quantitative estimate of drug-likeness (QED) is 0.448. The topological polar surface area (TPSA) is 145 Å². The van der Waals surface area contributed by atoms with E-state index in [0.29, 0.717) is 0 Å². The summed E-state index contributed by atoms with van der Waals surface area (Å²) in [7, 11) is 0. The number of carboxylic acids is 2. The Kier molecular flexibility index (Phi) is 6.64. The van der Waals surface area contributed by atoms with Crippen molar-refractivity contribution in [1.82, 2.24) is 16.0 Å². The molecule has 21 heavy (non-hydrogen) atoms. The van der Waals surface area contributed by atoms with Gasteiger partial charge < -0.3 is 26.2 Å². The summed E-state index contributed by atoms with van der Waals surface area (Å²) in [5.74, 6) is -3.27. The van der Waals surface area contributed by atoms with Crippen LogP contribution in [-0.4, -0.2) is 51.7 Å².